The first kappa shape index (κ1) is 14.3. The van der Waals surface area contributed by atoms with Gasteiger partial charge in [-0.05, 0) is 50.4 Å². The molecule has 2 aliphatic carbocycles. The minimum absolute atomic E-state index is 0.769. The van der Waals surface area contributed by atoms with Gasteiger partial charge in [-0.1, -0.05) is 26.2 Å². The molecule has 2 nitrogen and oxygen atoms in total. The monoisotopic (exact) mass is 253 g/mol. The maximum Gasteiger partial charge on any atom is 0.0590 e. The fourth-order valence-electron chi connectivity index (χ4n) is 3.74. The Balaban J connectivity index is 1.51. The SMILES string of the molecule is CCCCOCCNC1CCC2(CCCC2)CC1. The van der Waals surface area contributed by atoms with E-state index in [0.717, 1.165) is 31.2 Å². The van der Waals surface area contributed by atoms with Crippen LogP contribution in [0.3, 0.4) is 0 Å². The number of ether oxygens (including phenoxy) is 1. The molecule has 106 valence electrons. The summed E-state index contributed by atoms with van der Waals surface area (Å²) in [4.78, 5) is 0. The zero-order valence-corrected chi connectivity index (χ0v) is 12.2. The third kappa shape index (κ3) is 4.24. The van der Waals surface area contributed by atoms with Crippen LogP contribution < -0.4 is 5.32 Å². The van der Waals surface area contributed by atoms with Gasteiger partial charge in [0.1, 0.15) is 0 Å². The summed E-state index contributed by atoms with van der Waals surface area (Å²) in [6, 6.07) is 0.769. The first-order valence-electron chi connectivity index (χ1n) is 8.16. The Kier molecular flexibility index (Phi) is 5.97. The number of nitrogens with one attached hydrogen (secondary N) is 1. The van der Waals surface area contributed by atoms with Crippen molar-refractivity contribution >= 4 is 0 Å². The summed E-state index contributed by atoms with van der Waals surface area (Å²) in [6.07, 6.45) is 14.2. The van der Waals surface area contributed by atoms with Gasteiger partial charge in [-0.3, -0.25) is 0 Å². The van der Waals surface area contributed by atoms with Crippen LogP contribution in [-0.2, 0) is 4.74 Å². The standard InChI is InChI=1S/C16H31NO/c1-2-3-13-18-14-12-17-15-6-10-16(11-7-15)8-4-5-9-16/h15,17H,2-14H2,1H3. The Labute approximate surface area is 113 Å². The number of hydrogen-bond acceptors (Lipinski definition) is 2. The largest absolute Gasteiger partial charge is 0.380 e. The summed E-state index contributed by atoms with van der Waals surface area (Å²) in [5.74, 6) is 0. The van der Waals surface area contributed by atoms with Gasteiger partial charge in [-0.2, -0.15) is 0 Å². The second kappa shape index (κ2) is 7.49. The number of rotatable bonds is 7. The lowest BCUT2D eigenvalue weighted by atomic mass is 9.71. The summed E-state index contributed by atoms with van der Waals surface area (Å²) in [5.41, 5.74) is 0.774. The van der Waals surface area contributed by atoms with Crippen molar-refractivity contribution in [2.45, 2.75) is 77.2 Å². The van der Waals surface area contributed by atoms with Crippen LogP contribution in [0.25, 0.3) is 0 Å². The Bertz CT molecular complexity index is 213. The fraction of sp³-hybridized carbons (Fsp3) is 1.00. The number of hydrogen-bond donors (Lipinski definition) is 1. The Morgan fingerprint density at radius 1 is 1.06 bits per heavy atom. The smallest absolute Gasteiger partial charge is 0.0590 e. The maximum atomic E-state index is 5.60. The maximum absolute atomic E-state index is 5.60. The summed E-state index contributed by atoms with van der Waals surface area (Å²) in [7, 11) is 0. The van der Waals surface area contributed by atoms with Crippen LogP contribution >= 0.6 is 0 Å². The summed E-state index contributed by atoms with van der Waals surface area (Å²) < 4.78 is 5.60. The van der Waals surface area contributed by atoms with E-state index in [1.54, 1.807) is 0 Å². The molecular formula is C16H31NO. The molecule has 2 heteroatoms. The van der Waals surface area contributed by atoms with Crippen molar-refractivity contribution < 1.29 is 4.74 Å². The molecule has 0 amide bonds. The normalized spacial score (nSPS) is 23.8. The second-order valence-corrected chi connectivity index (χ2v) is 6.40. The Morgan fingerprint density at radius 3 is 2.44 bits per heavy atom. The zero-order chi connectivity index (χ0) is 12.7. The van der Waals surface area contributed by atoms with Crippen molar-refractivity contribution in [2.75, 3.05) is 19.8 Å². The predicted molar refractivity (Wildman–Crippen MR) is 76.9 cm³/mol. The van der Waals surface area contributed by atoms with Gasteiger partial charge in [-0.25, -0.2) is 0 Å². The summed E-state index contributed by atoms with van der Waals surface area (Å²) in [6.45, 7) is 5.08. The predicted octanol–water partition coefficient (Wildman–Crippen LogP) is 3.90. The molecule has 0 bridgehead atoms. The highest BCUT2D eigenvalue weighted by Gasteiger charge is 2.37. The molecule has 1 N–H and O–H groups in total. The van der Waals surface area contributed by atoms with Crippen LogP contribution in [0.1, 0.15) is 71.1 Å². The van der Waals surface area contributed by atoms with Gasteiger partial charge in [-0.15, -0.1) is 0 Å². The molecule has 2 saturated carbocycles. The quantitative estimate of drug-likeness (QED) is 0.695. The molecular weight excluding hydrogens is 222 g/mol. The molecule has 18 heavy (non-hydrogen) atoms. The van der Waals surface area contributed by atoms with E-state index in [1.165, 1.54) is 64.2 Å². The Morgan fingerprint density at radius 2 is 1.78 bits per heavy atom. The zero-order valence-electron chi connectivity index (χ0n) is 12.2. The van der Waals surface area contributed by atoms with Gasteiger partial charge in [0.15, 0.2) is 0 Å². The van der Waals surface area contributed by atoms with Crippen LogP contribution in [0.4, 0.5) is 0 Å². The number of unbranched alkanes of at least 4 members (excludes halogenated alkanes) is 1. The van der Waals surface area contributed by atoms with Gasteiger partial charge < -0.3 is 10.1 Å². The van der Waals surface area contributed by atoms with Gasteiger partial charge in [0.25, 0.3) is 0 Å². The van der Waals surface area contributed by atoms with E-state index in [-0.39, 0.29) is 0 Å². The molecule has 0 unspecified atom stereocenters. The molecule has 0 aromatic rings. The topological polar surface area (TPSA) is 21.3 Å². The third-order valence-electron chi connectivity index (χ3n) is 5.03. The van der Waals surface area contributed by atoms with E-state index < -0.39 is 0 Å². The second-order valence-electron chi connectivity index (χ2n) is 6.40. The molecule has 1 spiro atoms. The minimum atomic E-state index is 0.769. The minimum Gasteiger partial charge on any atom is -0.380 e. The van der Waals surface area contributed by atoms with Gasteiger partial charge in [0.05, 0.1) is 6.61 Å². The molecule has 2 aliphatic rings. The van der Waals surface area contributed by atoms with Gasteiger partial charge in [0, 0.05) is 19.2 Å². The van der Waals surface area contributed by atoms with Crippen LogP contribution in [0.2, 0.25) is 0 Å². The summed E-state index contributed by atoms with van der Waals surface area (Å²) >= 11 is 0. The van der Waals surface area contributed by atoms with Crippen molar-refractivity contribution in [2.24, 2.45) is 5.41 Å². The van der Waals surface area contributed by atoms with Crippen LogP contribution in [0.15, 0.2) is 0 Å². The molecule has 0 atom stereocenters. The molecule has 2 rings (SSSR count). The van der Waals surface area contributed by atoms with E-state index in [4.69, 9.17) is 4.74 Å². The highest BCUT2D eigenvalue weighted by molar-refractivity contribution is 4.91. The molecule has 0 aromatic heterocycles. The molecule has 0 aromatic carbocycles. The van der Waals surface area contributed by atoms with E-state index in [0.29, 0.717) is 0 Å². The average Bonchev–Trinajstić information content (AvgIpc) is 2.85. The van der Waals surface area contributed by atoms with Crippen molar-refractivity contribution in [3.8, 4) is 0 Å². The fourth-order valence-corrected chi connectivity index (χ4v) is 3.74. The third-order valence-corrected chi connectivity index (χ3v) is 5.03. The van der Waals surface area contributed by atoms with E-state index >= 15 is 0 Å². The Hall–Kier alpha value is -0.0800. The van der Waals surface area contributed by atoms with Gasteiger partial charge in [0.2, 0.25) is 0 Å². The van der Waals surface area contributed by atoms with Gasteiger partial charge >= 0.3 is 0 Å². The van der Waals surface area contributed by atoms with E-state index in [1.807, 2.05) is 0 Å². The van der Waals surface area contributed by atoms with Crippen LogP contribution in [-0.4, -0.2) is 25.8 Å². The van der Waals surface area contributed by atoms with Crippen molar-refractivity contribution in [3.05, 3.63) is 0 Å². The van der Waals surface area contributed by atoms with Crippen molar-refractivity contribution in [1.82, 2.24) is 5.32 Å². The van der Waals surface area contributed by atoms with E-state index in [9.17, 15) is 0 Å². The van der Waals surface area contributed by atoms with Crippen molar-refractivity contribution in [3.63, 3.8) is 0 Å². The lowest BCUT2D eigenvalue weighted by Crippen LogP contribution is -2.38. The first-order chi connectivity index (χ1) is 8.85. The molecule has 0 radical (unpaired) electrons. The molecule has 0 heterocycles. The van der Waals surface area contributed by atoms with E-state index in [2.05, 4.69) is 12.2 Å². The highest BCUT2D eigenvalue weighted by Crippen LogP contribution is 2.48. The molecule has 0 saturated heterocycles. The first-order valence-corrected chi connectivity index (χ1v) is 8.16. The average molecular weight is 253 g/mol. The highest BCUT2D eigenvalue weighted by atomic mass is 16.5. The van der Waals surface area contributed by atoms with Crippen LogP contribution in [0, 0.1) is 5.41 Å². The lowest BCUT2D eigenvalue weighted by molar-refractivity contribution is 0.122. The lowest BCUT2D eigenvalue weighted by Gasteiger charge is -2.37. The van der Waals surface area contributed by atoms with Crippen molar-refractivity contribution in [1.29, 1.82) is 0 Å². The summed E-state index contributed by atoms with van der Waals surface area (Å²) in [5, 5.41) is 3.68. The molecule has 0 aliphatic heterocycles. The van der Waals surface area contributed by atoms with Crippen LogP contribution in [0.5, 0.6) is 0 Å². The molecule has 2 fully saturated rings.